The van der Waals surface area contributed by atoms with Crippen molar-refractivity contribution in [3.05, 3.63) is 330 Å². The summed E-state index contributed by atoms with van der Waals surface area (Å²) in [6.07, 6.45) is 16.9. The predicted molar refractivity (Wildman–Crippen MR) is 409 cm³/mol. The molecule has 0 aliphatic carbocycles. The molecule has 0 spiro atoms. The number of amides is 1. The number of nitrogens with zero attached hydrogens (tertiary/aromatic N) is 4. The van der Waals surface area contributed by atoms with Crippen molar-refractivity contribution in [1.82, 2.24) is 39.9 Å². The maximum absolute atomic E-state index is 14.6. The Balaban J connectivity index is 0.745. The summed E-state index contributed by atoms with van der Waals surface area (Å²) in [7, 11) is 0. The Hall–Kier alpha value is -13.6. The van der Waals surface area contributed by atoms with Gasteiger partial charge in [0.2, 0.25) is 0 Å². The Bertz CT molecular complexity index is 5950. The van der Waals surface area contributed by atoms with Crippen LogP contribution in [0.15, 0.2) is 279 Å². The number of nitrogens with one attached hydrogen (secondary N) is 5. The van der Waals surface area contributed by atoms with Crippen LogP contribution in [0.4, 0.5) is 5.69 Å². The molecule has 0 radical (unpaired) electrons. The molecule has 0 fully saturated rings. The number of anilines is 1. The Morgan fingerprint density at radius 3 is 0.596 bits per heavy atom. The van der Waals surface area contributed by atoms with Gasteiger partial charge in [-0.3, -0.25) is 4.79 Å². The van der Waals surface area contributed by atoms with Gasteiger partial charge in [0.05, 0.1) is 45.6 Å². The first-order chi connectivity index (χ1) is 49.0. The van der Waals surface area contributed by atoms with Gasteiger partial charge in [0.25, 0.3) is 5.91 Å². The summed E-state index contributed by atoms with van der Waals surface area (Å²) in [6, 6.07) is 95.5. The summed E-state index contributed by atoms with van der Waals surface area (Å²) >= 11 is 0. The smallest absolute Gasteiger partial charge is 0.255 e. The van der Waals surface area contributed by atoms with Crippen molar-refractivity contribution in [3.63, 3.8) is 0 Å². The van der Waals surface area contributed by atoms with Crippen LogP contribution in [0.2, 0.25) is 0 Å². The van der Waals surface area contributed by atoms with Crippen LogP contribution in [0.1, 0.15) is 55.9 Å². The monoisotopic (exact) mass is 1270 g/mol. The number of H-pyrrole nitrogens is 4. The number of fused-ring (bicyclic) bond motifs is 16. The quantitative estimate of drug-likeness (QED) is 0.0926. The molecule has 4 aliphatic rings. The van der Waals surface area contributed by atoms with Crippen LogP contribution >= 0.6 is 0 Å². The van der Waals surface area contributed by atoms with Crippen LogP contribution < -0.4 is 5.32 Å². The molecule has 99 heavy (non-hydrogen) atoms. The van der Waals surface area contributed by atoms with E-state index in [2.05, 4.69) is 280 Å². The largest absolute Gasteiger partial charge is 0.354 e. The highest BCUT2D eigenvalue weighted by molar-refractivity contribution is 6.07. The minimum absolute atomic E-state index is 0.246. The Morgan fingerprint density at radius 2 is 0.394 bits per heavy atom. The molecular formula is C89H59N9O. The highest BCUT2D eigenvalue weighted by Crippen LogP contribution is 2.42. The average Bonchev–Trinajstić information content (AvgIpc) is 1.64. The molecular weight excluding hydrogens is 1210 g/mol. The van der Waals surface area contributed by atoms with E-state index in [-0.39, 0.29) is 5.91 Å². The number of benzene rings is 8. The zero-order chi connectivity index (χ0) is 65.8. The van der Waals surface area contributed by atoms with Gasteiger partial charge < -0.3 is 25.3 Å². The molecule has 1 amide bonds. The molecule has 0 saturated heterocycles. The van der Waals surface area contributed by atoms with E-state index < -0.39 is 0 Å². The SMILES string of the molecule is O=C(Nc1ccc(-c2c3nc(c(-c4ccccc4)c4ccc([nH]4)c(-c4ccccc4)c4nc(c(-c5ccccc5)c5ccc2[nH]5)C=C4)C=C3)cc1)c1ccc(-c2c3nc(c(-c4ccccc4)c4ccc([nH]4)c(-c4ccccc4)c4nc(c(-c5ccccc5)c5ccc2[nH]5)C=C4)C=C3)cc1. The summed E-state index contributed by atoms with van der Waals surface area (Å²) in [4.78, 5) is 51.9. The molecule has 0 unspecified atom stereocenters. The fraction of sp³-hybridized carbons (Fsp3) is 0. The fourth-order valence-electron chi connectivity index (χ4n) is 14.2. The first kappa shape index (κ1) is 58.0. The first-order valence-corrected chi connectivity index (χ1v) is 33.1. The topological polar surface area (TPSA) is 144 Å². The first-order valence-electron chi connectivity index (χ1n) is 33.1. The zero-order valence-electron chi connectivity index (χ0n) is 53.4. The third-order valence-electron chi connectivity index (χ3n) is 18.7. The van der Waals surface area contributed by atoms with Crippen LogP contribution in [0, 0.1) is 0 Å². The van der Waals surface area contributed by atoms with Crippen LogP contribution in [0.5, 0.6) is 0 Å². The molecule has 10 heteroatoms. The summed E-state index contributed by atoms with van der Waals surface area (Å²) in [6.45, 7) is 0. The van der Waals surface area contributed by atoms with E-state index in [4.69, 9.17) is 19.9 Å². The second-order valence-corrected chi connectivity index (χ2v) is 24.8. The van der Waals surface area contributed by atoms with Crippen molar-refractivity contribution < 1.29 is 4.79 Å². The van der Waals surface area contributed by atoms with Gasteiger partial charge in [-0.15, -0.1) is 0 Å². The van der Waals surface area contributed by atoms with Crippen molar-refractivity contribution in [3.8, 4) is 89.0 Å². The summed E-state index contributed by atoms with van der Waals surface area (Å²) < 4.78 is 0. The van der Waals surface area contributed by atoms with Crippen molar-refractivity contribution in [1.29, 1.82) is 0 Å². The minimum Gasteiger partial charge on any atom is -0.354 e. The maximum atomic E-state index is 14.6. The lowest BCUT2D eigenvalue weighted by molar-refractivity contribution is 0.102. The summed E-state index contributed by atoms with van der Waals surface area (Å²) in [5.41, 5.74) is 30.6. The molecule has 0 saturated carbocycles. The minimum atomic E-state index is -0.246. The lowest BCUT2D eigenvalue weighted by atomic mass is 10.0. The van der Waals surface area contributed by atoms with Crippen molar-refractivity contribution in [2.24, 2.45) is 0 Å². The molecule has 466 valence electrons. The van der Waals surface area contributed by atoms with E-state index in [0.29, 0.717) is 11.3 Å². The highest BCUT2D eigenvalue weighted by atomic mass is 16.1. The fourth-order valence-corrected chi connectivity index (χ4v) is 14.2. The lowest BCUT2D eigenvalue weighted by Crippen LogP contribution is -2.11. The zero-order valence-corrected chi connectivity index (χ0v) is 53.4. The summed E-state index contributed by atoms with van der Waals surface area (Å²) in [5, 5.41) is 3.22. The van der Waals surface area contributed by atoms with E-state index in [1.165, 1.54) is 0 Å². The van der Waals surface area contributed by atoms with E-state index >= 15 is 0 Å². The van der Waals surface area contributed by atoms with E-state index in [9.17, 15) is 4.79 Å². The van der Waals surface area contributed by atoms with Crippen LogP contribution in [-0.2, 0) is 0 Å². The van der Waals surface area contributed by atoms with Crippen molar-refractivity contribution in [2.45, 2.75) is 0 Å². The van der Waals surface area contributed by atoms with Gasteiger partial charge >= 0.3 is 0 Å². The second kappa shape index (κ2) is 24.6. The third kappa shape index (κ3) is 10.8. The van der Waals surface area contributed by atoms with Gasteiger partial charge in [-0.25, -0.2) is 19.9 Å². The van der Waals surface area contributed by atoms with Crippen LogP contribution in [0.3, 0.4) is 0 Å². The molecule has 4 aliphatic heterocycles. The molecule has 18 rings (SSSR count). The normalized spacial score (nSPS) is 12.1. The van der Waals surface area contributed by atoms with Crippen LogP contribution in [0.25, 0.3) is 182 Å². The lowest BCUT2D eigenvalue weighted by Gasteiger charge is -2.10. The number of rotatable bonds is 10. The molecule has 8 aromatic carbocycles. The Labute approximate surface area is 570 Å². The van der Waals surface area contributed by atoms with Gasteiger partial charge in [0, 0.05) is 99.9 Å². The Morgan fingerprint density at radius 1 is 0.212 bits per heavy atom. The van der Waals surface area contributed by atoms with Gasteiger partial charge in [-0.1, -0.05) is 206 Å². The van der Waals surface area contributed by atoms with Gasteiger partial charge in [0.1, 0.15) is 0 Å². The maximum Gasteiger partial charge on any atom is 0.255 e. The van der Waals surface area contributed by atoms with Crippen molar-refractivity contribution >= 4 is 104 Å². The standard InChI is InChI=1S/C89H59N9O/c99-89(63-33-31-61(32-34-63)87-77-51-47-73(95-77)83(57-23-11-3-12-24-57)69-43-39-65(91-69)81(55-19-7-1-8-20-55)66-40-44-70(92-66)84(58-25-13-4-14-26-58)74-48-52-78(87)96-74)90-64-37-35-62(36-38-64)88-79-53-49-75(97-79)85(59-27-15-5-16-28-59)71-45-41-67(93-71)82(56-21-9-2-10-22-56)68-42-46-72(94-68)86(60-29-17-6-18-30-60)76-50-54-80(88)98-76/h1-54,91,93,96,98H,(H,90,99). The number of hydrogen-bond donors (Lipinski definition) is 5. The number of aromatic amines is 4. The van der Waals surface area contributed by atoms with Gasteiger partial charge in [0.15, 0.2) is 0 Å². The van der Waals surface area contributed by atoms with E-state index in [1.54, 1.807) is 0 Å². The highest BCUT2D eigenvalue weighted by Gasteiger charge is 2.23. The number of carbonyl (C=O) groups is 1. The molecule has 5 N–H and O–H groups in total. The predicted octanol–water partition coefficient (Wildman–Crippen LogP) is 22.2. The number of hydrogen-bond acceptors (Lipinski definition) is 5. The van der Waals surface area contributed by atoms with Crippen LogP contribution in [-0.4, -0.2) is 45.8 Å². The molecule has 14 aromatic rings. The molecule has 10 heterocycles. The average molecular weight is 1270 g/mol. The van der Waals surface area contributed by atoms with E-state index in [1.807, 2.05) is 72.8 Å². The Kier molecular flexibility index (Phi) is 14.4. The molecule has 16 bridgehead atoms. The molecule has 10 nitrogen and oxygen atoms in total. The third-order valence-corrected chi connectivity index (χ3v) is 18.7. The van der Waals surface area contributed by atoms with Gasteiger partial charge in [-0.05, 0) is 166 Å². The second-order valence-electron chi connectivity index (χ2n) is 24.8. The van der Waals surface area contributed by atoms with Crippen molar-refractivity contribution in [2.75, 3.05) is 5.32 Å². The van der Waals surface area contributed by atoms with E-state index in [0.717, 1.165) is 179 Å². The molecule has 6 aromatic heterocycles. The number of aromatic nitrogens is 8. The summed E-state index contributed by atoms with van der Waals surface area (Å²) in [5.74, 6) is -0.246. The number of carbonyl (C=O) groups excluding carboxylic acids is 1. The molecule has 0 atom stereocenters. The van der Waals surface area contributed by atoms with Gasteiger partial charge in [-0.2, -0.15) is 0 Å².